The summed E-state index contributed by atoms with van der Waals surface area (Å²) in [7, 11) is 1.56. The van der Waals surface area contributed by atoms with Gasteiger partial charge in [-0.1, -0.05) is 12.1 Å². The van der Waals surface area contributed by atoms with Crippen LogP contribution < -0.4 is 43.8 Å². The number of hydrazine groups is 1. The Bertz CT molecular complexity index is 2310. The summed E-state index contributed by atoms with van der Waals surface area (Å²) in [4.78, 5) is 56.9. The zero-order valence-corrected chi connectivity index (χ0v) is 27.0. The van der Waals surface area contributed by atoms with Crippen molar-refractivity contribution >= 4 is 39.7 Å². The molecule has 252 valence electrons. The van der Waals surface area contributed by atoms with Crippen molar-refractivity contribution in [3.63, 3.8) is 0 Å². The molecule has 2 aromatic heterocycles. The van der Waals surface area contributed by atoms with Crippen molar-refractivity contribution in [1.82, 2.24) is 19.1 Å². The summed E-state index contributed by atoms with van der Waals surface area (Å²) in [6, 6.07) is 17.6. The molecule has 0 unspecified atom stereocenters. The average Bonchev–Trinajstić information content (AvgIpc) is 3.90. The number of amides is 1. The number of nitrogens with one attached hydrogen (secondary N) is 3. The van der Waals surface area contributed by atoms with Gasteiger partial charge in [0.2, 0.25) is 5.91 Å². The molecule has 6 rings (SSSR count). The molecule has 3 aromatic carbocycles. The Morgan fingerprint density at radius 1 is 1.08 bits per heavy atom. The highest BCUT2D eigenvalue weighted by atomic mass is 19.1. The van der Waals surface area contributed by atoms with Gasteiger partial charge in [-0.3, -0.25) is 23.5 Å². The van der Waals surface area contributed by atoms with Crippen LogP contribution in [0, 0.1) is 19.7 Å². The van der Waals surface area contributed by atoms with Gasteiger partial charge in [-0.05, 0) is 92.4 Å². The molecule has 0 bridgehead atoms. The number of halogens is 1. The zero-order chi connectivity index (χ0) is 35.0. The minimum Gasteiger partial charge on any atom is -0.497 e. The fraction of sp³-hybridized carbons (Fsp3) is 0.200. The molecule has 0 radical (unpaired) electrons. The number of rotatable bonds is 10. The van der Waals surface area contributed by atoms with E-state index in [9.17, 15) is 23.6 Å². The smallest absolute Gasteiger partial charge is 0.336 e. The average molecular weight is 667 g/mol. The van der Waals surface area contributed by atoms with Gasteiger partial charge in [-0.15, -0.1) is 0 Å². The van der Waals surface area contributed by atoms with Gasteiger partial charge in [0.05, 0.1) is 29.7 Å². The van der Waals surface area contributed by atoms with E-state index in [1.807, 2.05) is 0 Å². The summed E-state index contributed by atoms with van der Waals surface area (Å²) in [6.07, 6.45) is 2.68. The number of nitrogens with two attached hydrogens (primary N) is 2. The summed E-state index contributed by atoms with van der Waals surface area (Å²) in [5.41, 5.74) is 6.87. The first-order chi connectivity index (χ1) is 23.4. The van der Waals surface area contributed by atoms with E-state index in [0.29, 0.717) is 41.1 Å². The van der Waals surface area contributed by atoms with Gasteiger partial charge in [-0.2, -0.15) is 0 Å². The first-order valence-corrected chi connectivity index (χ1v) is 15.5. The Kier molecular flexibility index (Phi) is 8.80. The lowest BCUT2D eigenvalue weighted by Gasteiger charge is -2.19. The lowest BCUT2D eigenvalue weighted by atomic mass is 10.1. The monoisotopic (exact) mass is 666 g/mol. The van der Waals surface area contributed by atoms with E-state index in [1.54, 1.807) is 68.6 Å². The Morgan fingerprint density at radius 3 is 2.49 bits per heavy atom. The van der Waals surface area contributed by atoms with Gasteiger partial charge in [-0.25, -0.2) is 15.0 Å². The van der Waals surface area contributed by atoms with Crippen LogP contribution in [0.1, 0.15) is 35.6 Å². The van der Waals surface area contributed by atoms with Gasteiger partial charge in [0.1, 0.15) is 29.3 Å². The van der Waals surface area contributed by atoms with Crippen LogP contribution in [0.4, 0.5) is 21.6 Å². The largest absolute Gasteiger partial charge is 0.497 e. The minimum atomic E-state index is -0.642. The van der Waals surface area contributed by atoms with E-state index in [0.717, 1.165) is 9.58 Å². The molecule has 0 aliphatic heterocycles. The topological polar surface area (TPSA) is 182 Å². The van der Waals surface area contributed by atoms with E-state index < -0.39 is 28.5 Å². The molecule has 1 aliphatic carbocycles. The SMILES string of the molecule is COc1ccc(/C(N)=C/N(N)CC(=O)Nc2cccc(-n3c(=O)n(C4CC4)c(=O)c4c(Nc5ccc(C)cc5F)[nH]c(=O)c(C)c43)c2)cc1. The van der Waals surface area contributed by atoms with E-state index in [1.165, 1.54) is 29.8 Å². The third-order valence-corrected chi connectivity index (χ3v) is 8.21. The maximum Gasteiger partial charge on any atom is 0.336 e. The minimum absolute atomic E-state index is 0.0121. The maximum absolute atomic E-state index is 14.9. The first-order valence-electron chi connectivity index (χ1n) is 15.5. The standard InChI is InChI=1S/C35H35FN8O5/c1-19-7-14-28(26(36)15-19)40-32-30-31(20(2)33(46)41-32)43(35(48)44(34(30)47)23-10-11-23)24-6-4-5-22(16-24)39-29(45)18-42(38)17-27(37)21-8-12-25(49-3)13-9-21/h4-9,12-17,23H,10-11,18,37-38H2,1-3H3,(H,39,45)(H2,40,41,46)/b27-17-. The maximum atomic E-state index is 14.9. The van der Waals surface area contributed by atoms with E-state index in [-0.39, 0.29) is 46.2 Å². The molecule has 1 aliphatic rings. The molecule has 1 amide bonds. The molecule has 5 aromatic rings. The van der Waals surface area contributed by atoms with Crippen LogP contribution in [0.25, 0.3) is 22.3 Å². The van der Waals surface area contributed by atoms with Crippen LogP contribution in [0.5, 0.6) is 5.75 Å². The molecule has 14 heteroatoms. The number of hydrogen-bond donors (Lipinski definition) is 5. The number of carbonyl (C=O) groups is 1. The highest BCUT2D eigenvalue weighted by Crippen LogP contribution is 2.34. The summed E-state index contributed by atoms with van der Waals surface area (Å²) in [6.45, 7) is 2.99. The molecule has 7 N–H and O–H groups in total. The molecule has 1 saturated carbocycles. The van der Waals surface area contributed by atoms with Gasteiger partial charge >= 0.3 is 5.69 Å². The predicted molar refractivity (Wildman–Crippen MR) is 187 cm³/mol. The molecule has 49 heavy (non-hydrogen) atoms. The number of aromatic amines is 1. The van der Waals surface area contributed by atoms with Gasteiger partial charge < -0.3 is 31.1 Å². The molecule has 0 saturated heterocycles. The zero-order valence-electron chi connectivity index (χ0n) is 27.0. The quantitative estimate of drug-likeness (QED) is 0.109. The van der Waals surface area contributed by atoms with Crippen LogP contribution in [0.15, 0.2) is 87.3 Å². The Labute approximate surface area is 279 Å². The molecule has 0 spiro atoms. The molecule has 1 fully saturated rings. The van der Waals surface area contributed by atoms with Crippen LogP contribution in [-0.2, 0) is 4.79 Å². The third kappa shape index (κ3) is 6.67. The van der Waals surface area contributed by atoms with Crippen LogP contribution in [0.2, 0.25) is 0 Å². The highest BCUT2D eigenvalue weighted by molar-refractivity contribution is 5.94. The van der Waals surface area contributed by atoms with Gasteiger partial charge in [0.15, 0.2) is 0 Å². The second kappa shape index (κ2) is 13.2. The Morgan fingerprint density at radius 2 is 1.82 bits per heavy atom. The molecule has 2 heterocycles. The molecular formula is C35H35FN8O5. The number of fused-ring (bicyclic) bond motifs is 1. The summed E-state index contributed by atoms with van der Waals surface area (Å²) in [5.74, 6) is 5.63. The summed E-state index contributed by atoms with van der Waals surface area (Å²) in [5, 5.41) is 6.79. The van der Waals surface area contributed by atoms with Gasteiger partial charge in [0.25, 0.3) is 11.1 Å². The van der Waals surface area contributed by atoms with Crippen molar-refractivity contribution in [2.45, 2.75) is 32.7 Å². The normalized spacial score (nSPS) is 13.0. The van der Waals surface area contributed by atoms with E-state index in [4.69, 9.17) is 16.3 Å². The number of pyridine rings is 1. The fourth-order valence-electron chi connectivity index (χ4n) is 5.60. The number of methoxy groups -OCH3 is 1. The molecule has 0 atom stereocenters. The summed E-state index contributed by atoms with van der Waals surface area (Å²) < 4.78 is 22.5. The number of carbonyl (C=O) groups excluding carboxylic acids is 1. The summed E-state index contributed by atoms with van der Waals surface area (Å²) >= 11 is 0. The second-order valence-corrected chi connectivity index (χ2v) is 11.9. The Balaban J connectivity index is 1.36. The van der Waals surface area contributed by atoms with Crippen LogP contribution in [0.3, 0.4) is 0 Å². The van der Waals surface area contributed by atoms with Crippen molar-refractivity contribution in [2.75, 3.05) is 24.3 Å². The fourth-order valence-corrected chi connectivity index (χ4v) is 5.60. The number of nitrogens with zero attached hydrogens (tertiary/aromatic N) is 3. The predicted octanol–water partition coefficient (Wildman–Crippen LogP) is 3.76. The lowest BCUT2D eigenvalue weighted by Crippen LogP contribution is -2.40. The third-order valence-electron chi connectivity index (χ3n) is 8.21. The number of aromatic nitrogens is 3. The van der Waals surface area contributed by atoms with Crippen LogP contribution >= 0.6 is 0 Å². The van der Waals surface area contributed by atoms with Gasteiger partial charge in [0, 0.05) is 23.5 Å². The number of benzene rings is 3. The van der Waals surface area contributed by atoms with E-state index in [2.05, 4.69) is 15.6 Å². The molecular weight excluding hydrogens is 631 g/mol. The lowest BCUT2D eigenvalue weighted by molar-refractivity contribution is -0.116. The second-order valence-electron chi connectivity index (χ2n) is 11.9. The van der Waals surface area contributed by atoms with Crippen molar-refractivity contribution in [1.29, 1.82) is 0 Å². The van der Waals surface area contributed by atoms with Crippen molar-refractivity contribution in [3.8, 4) is 11.4 Å². The van der Waals surface area contributed by atoms with Crippen molar-refractivity contribution in [3.05, 3.63) is 127 Å². The van der Waals surface area contributed by atoms with E-state index >= 15 is 0 Å². The number of anilines is 3. The van der Waals surface area contributed by atoms with Crippen LogP contribution in [-0.4, -0.2) is 38.7 Å². The first kappa shape index (κ1) is 32.8. The Hall–Kier alpha value is -6.15. The van der Waals surface area contributed by atoms with Crippen molar-refractivity contribution in [2.24, 2.45) is 11.6 Å². The number of hydrogen-bond acceptors (Lipinski definition) is 9. The number of ether oxygens (including phenoxy) is 1. The van der Waals surface area contributed by atoms with Crippen molar-refractivity contribution < 1.29 is 13.9 Å². The highest BCUT2D eigenvalue weighted by Gasteiger charge is 2.31. The number of aryl methyl sites for hydroxylation is 2. The molecule has 13 nitrogen and oxygen atoms in total. The number of H-pyrrole nitrogens is 1.